The Labute approximate surface area is 193 Å². The zero-order valence-corrected chi connectivity index (χ0v) is 18.8. The number of nitrogens with zero attached hydrogens (tertiary/aromatic N) is 6. The van der Waals surface area contributed by atoms with Crippen molar-refractivity contribution in [2.45, 2.75) is 17.2 Å². The van der Waals surface area contributed by atoms with Crippen LogP contribution in [0, 0.1) is 0 Å². The van der Waals surface area contributed by atoms with Gasteiger partial charge in [0, 0.05) is 31.2 Å². The van der Waals surface area contributed by atoms with Crippen molar-refractivity contribution in [2.24, 2.45) is 0 Å². The van der Waals surface area contributed by atoms with Crippen molar-refractivity contribution in [3.05, 3.63) is 64.9 Å². The van der Waals surface area contributed by atoms with E-state index in [9.17, 15) is 22.0 Å². The molecule has 4 rings (SSSR count). The minimum atomic E-state index is -4.89. The molecular formula is C20H19ClF2N6O3S. The smallest absolute Gasteiger partial charge is 0.336 e. The van der Waals surface area contributed by atoms with Crippen molar-refractivity contribution in [2.75, 3.05) is 26.2 Å². The first kappa shape index (κ1) is 23.2. The average molecular weight is 497 g/mol. The Morgan fingerprint density at radius 2 is 1.70 bits per heavy atom. The van der Waals surface area contributed by atoms with Crippen molar-refractivity contribution in [3.63, 3.8) is 0 Å². The van der Waals surface area contributed by atoms with E-state index in [1.54, 1.807) is 28.9 Å². The van der Waals surface area contributed by atoms with E-state index < -0.39 is 26.4 Å². The maximum Gasteiger partial charge on any atom is 0.341 e. The fourth-order valence-electron chi connectivity index (χ4n) is 3.55. The molecule has 0 saturated carbocycles. The molecule has 174 valence electrons. The summed E-state index contributed by atoms with van der Waals surface area (Å²) in [6.07, 6.45) is 0. The maximum absolute atomic E-state index is 13.0. The highest BCUT2D eigenvalue weighted by molar-refractivity contribution is 7.91. The highest BCUT2D eigenvalue weighted by atomic mass is 35.5. The van der Waals surface area contributed by atoms with Gasteiger partial charge in [0.15, 0.2) is 5.82 Å². The van der Waals surface area contributed by atoms with Gasteiger partial charge < -0.3 is 4.90 Å². The molecule has 3 aromatic rings. The standard InChI is InChI=1S/C20H19ClF2N6O3S/c21-14-5-7-15(8-6-14)29-18(24-25-26-29)13-27-9-11-28(12-10-27)19(30)16-3-1-2-4-17(16)33(31,32)20(22)23/h1-8,20H,9-13H2. The van der Waals surface area contributed by atoms with Gasteiger partial charge >= 0.3 is 5.76 Å². The van der Waals surface area contributed by atoms with Crippen LogP contribution < -0.4 is 0 Å². The van der Waals surface area contributed by atoms with Crippen LogP contribution in [0.5, 0.6) is 0 Å². The Kier molecular flexibility index (Phi) is 6.68. The molecular weight excluding hydrogens is 478 g/mol. The number of piperazine rings is 1. The molecule has 2 heterocycles. The lowest BCUT2D eigenvalue weighted by Crippen LogP contribution is -2.48. The number of amides is 1. The van der Waals surface area contributed by atoms with Gasteiger partial charge in [-0.25, -0.2) is 8.42 Å². The highest BCUT2D eigenvalue weighted by Crippen LogP contribution is 2.24. The molecule has 0 unspecified atom stereocenters. The topological polar surface area (TPSA) is 101 Å². The molecule has 0 aliphatic carbocycles. The Hall–Kier alpha value is -2.96. The lowest BCUT2D eigenvalue weighted by Gasteiger charge is -2.34. The normalized spacial score (nSPS) is 15.2. The fraction of sp³-hybridized carbons (Fsp3) is 0.300. The average Bonchev–Trinajstić information content (AvgIpc) is 3.27. The van der Waals surface area contributed by atoms with Crippen LogP contribution in [0.2, 0.25) is 5.02 Å². The van der Waals surface area contributed by atoms with Gasteiger partial charge in [-0.15, -0.1) is 5.10 Å². The Morgan fingerprint density at radius 3 is 2.36 bits per heavy atom. The second kappa shape index (κ2) is 9.49. The summed E-state index contributed by atoms with van der Waals surface area (Å²) in [5.74, 6) is -3.60. The molecule has 33 heavy (non-hydrogen) atoms. The van der Waals surface area contributed by atoms with Crippen LogP contribution in [0.3, 0.4) is 0 Å². The number of alkyl halides is 2. The van der Waals surface area contributed by atoms with E-state index in [0.29, 0.717) is 43.6 Å². The van der Waals surface area contributed by atoms with E-state index in [-0.39, 0.29) is 5.56 Å². The monoisotopic (exact) mass is 496 g/mol. The largest absolute Gasteiger partial charge is 0.341 e. The summed E-state index contributed by atoms with van der Waals surface area (Å²) in [7, 11) is -4.89. The van der Waals surface area contributed by atoms with Crippen LogP contribution >= 0.6 is 11.6 Å². The molecule has 2 aromatic carbocycles. The molecule has 1 aliphatic rings. The maximum atomic E-state index is 13.0. The molecule has 13 heteroatoms. The number of hydrogen-bond acceptors (Lipinski definition) is 7. The number of carbonyl (C=O) groups is 1. The van der Waals surface area contributed by atoms with Crippen LogP contribution in [0.1, 0.15) is 16.2 Å². The predicted molar refractivity (Wildman–Crippen MR) is 115 cm³/mol. The molecule has 0 N–H and O–H groups in total. The van der Waals surface area contributed by atoms with Gasteiger partial charge in [-0.3, -0.25) is 9.69 Å². The van der Waals surface area contributed by atoms with Crippen molar-refractivity contribution >= 4 is 27.3 Å². The molecule has 0 atom stereocenters. The second-order valence-corrected chi connectivity index (χ2v) is 9.68. The van der Waals surface area contributed by atoms with E-state index in [0.717, 1.165) is 11.8 Å². The van der Waals surface area contributed by atoms with E-state index in [1.165, 1.54) is 23.1 Å². The first-order valence-corrected chi connectivity index (χ1v) is 11.9. The van der Waals surface area contributed by atoms with Gasteiger partial charge in [0.1, 0.15) is 0 Å². The summed E-state index contributed by atoms with van der Waals surface area (Å²) in [6.45, 7) is 1.97. The summed E-state index contributed by atoms with van der Waals surface area (Å²) in [4.78, 5) is 15.8. The van der Waals surface area contributed by atoms with E-state index >= 15 is 0 Å². The molecule has 1 aliphatic heterocycles. The van der Waals surface area contributed by atoms with Gasteiger partial charge in [0.2, 0.25) is 9.84 Å². The fourth-order valence-corrected chi connectivity index (χ4v) is 4.60. The summed E-state index contributed by atoms with van der Waals surface area (Å²) in [5, 5.41) is 12.4. The van der Waals surface area contributed by atoms with Crippen LogP contribution in [0.4, 0.5) is 8.78 Å². The third-order valence-electron chi connectivity index (χ3n) is 5.29. The third-order valence-corrected chi connectivity index (χ3v) is 6.98. The Bertz CT molecular complexity index is 1240. The first-order valence-electron chi connectivity index (χ1n) is 9.93. The van der Waals surface area contributed by atoms with Gasteiger partial charge in [-0.1, -0.05) is 23.7 Å². The SMILES string of the molecule is O=C(c1ccccc1S(=O)(=O)C(F)F)N1CCN(Cc2nnnn2-c2ccc(Cl)cc2)CC1. The molecule has 1 saturated heterocycles. The molecule has 0 radical (unpaired) electrons. The third kappa shape index (κ3) is 4.87. The molecule has 1 aromatic heterocycles. The summed E-state index contributed by atoms with van der Waals surface area (Å²) < 4.78 is 51.6. The lowest BCUT2D eigenvalue weighted by atomic mass is 10.2. The molecule has 1 amide bonds. The number of aromatic nitrogens is 4. The molecule has 0 bridgehead atoms. The van der Waals surface area contributed by atoms with E-state index in [4.69, 9.17) is 11.6 Å². The van der Waals surface area contributed by atoms with Gasteiger partial charge in [0.25, 0.3) is 5.91 Å². The van der Waals surface area contributed by atoms with Crippen LogP contribution in [0.25, 0.3) is 5.69 Å². The van der Waals surface area contributed by atoms with Gasteiger partial charge in [-0.2, -0.15) is 13.5 Å². The van der Waals surface area contributed by atoms with Crippen molar-refractivity contribution in [1.29, 1.82) is 0 Å². The minimum Gasteiger partial charge on any atom is -0.336 e. The molecule has 9 nitrogen and oxygen atoms in total. The predicted octanol–water partition coefficient (Wildman–Crippen LogP) is 2.27. The van der Waals surface area contributed by atoms with E-state index in [1.807, 2.05) is 4.90 Å². The van der Waals surface area contributed by atoms with Crippen molar-refractivity contribution in [3.8, 4) is 5.69 Å². The lowest BCUT2D eigenvalue weighted by molar-refractivity contribution is 0.0620. The number of tetrazole rings is 1. The summed E-state index contributed by atoms with van der Waals surface area (Å²) in [6, 6.07) is 12.1. The number of rotatable bonds is 6. The highest BCUT2D eigenvalue weighted by Gasteiger charge is 2.33. The number of benzene rings is 2. The van der Waals surface area contributed by atoms with E-state index in [2.05, 4.69) is 15.5 Å². The summed E-state index contributed by atoms with van der Waals surface area (Å²) >= 11 is 5.93. The van der Waals surface area contributed by atoms with Crippen molar-refractivity contribution in [1.82, 2.24) is 30.0 Å². The number of hydrogen-bond donors (Lipinski definition) is 0. The number of carbonyl (C=O) groups excluding carboxylic acids is 1. The number of sulfone groups is 1. The number of halogens is 3. The summed E-state index contributed by atoms with van der Waals surface area (Å²) in [5.41, 5.74) is 0.503. The van der Waals surface area contributed by atoms with Gasteiger partial charge in [-0.05, 0) is 46.8 Å². The zero-order chi connectivity index (χ0) is 23.6. The van der Waals surface area contributed by atoms with Gasteiger partial charge in [0.05, 0.1) is 22.7 Å². The Balaban J connectivity index is 1.43. The first-order chi connectivity index (χ1) is 15.8. The van der Waals surface area contributed by atoms with Crippen LogP contribution in [-0.2, 0) is 16.4 Å². The van der Waals surface area contributed by atoms with Crippen LogP contribution in [0.15, 0.2) is 53.4 Å². The molecule has 1 fully saturated rings. The zero-order valence-electron chi connectivity index (χ0n) is 17.2. The quantitative estimate of drug-likeness (QED) is 0.516. The van der Waals surface area contributed by atoms with Crippen LogP contribution in [-0.4, -0.2) is 76.3 Å². The molecule has 0 spiro atoms. The Morgan fingerprint density at radius 1 is 1.03 bits per heavy atom. The van der Waals surface area contributed by atoms with Crippen molar-refractivity contribution < 1.29 is 22.0 Å². The second-order valence-electron chi connectivity index (χ2n) is 7.35. The minimum absolute atomic E-state index is 0.252.